The van der Waals surface area contributed by atoms with Crippen LogP contribution in [-0.2, 0) is 9.53 Å². The first-order valence-electron chi connectivity index (χ1n) is 8.22. The summed E-state index contributed by atoms with van der Waals surface area (Å²) in [6, 6.07) is 7.16. The molecule has 2 aromatic heterocycles. The van der Waals surface area contributed by atoms with Crippen LogP contribution in [0.15, 0.2) is 46.2 Å². The van der Waals surface area contributed by atoms with E-state index in [1.165, 1.54) is 53.7 Å². The van der Waals surface area contributed by atoms with Gasteiger partial charge >= 0.3 is 5.97 Å². The van der Waals surface area contributed by atoms with Crippen molar-refractivity contribution in [3.05, 3.63) is 53.8 Å². The van der Waals surface area contributed by atoms with E-state index in [2.05, 4.69) is 15.5 Å². The van der Waals surface area contributed by atoms with Gasteiger partial charge in [0.1, 0.15) is 11.6 Å². The summed E-state index contributed by atoms with van der Waals surface area (Å²) < 4.78 is 24.9. The molecule has 146 valence electrons. The standard InChI is InChI=1S/C18H17FN4O4S/c1-10-8-15(22-27-10)21-16(24)11(2)26-17(25)14-9-20-18(28-3)23(14)13-6-4-12(19)5-7-13/h4-9,11H,1-3H3,(H,21,22,24). The second-order valence-electron chi connectivity index (χ2n) is 5.80. The summed E-state index contributed by atoms with van der Waals surface area (Å²) in [5, 5.41) is 6.68. The number of halogens is 1. The summed E-state index contributed by atoms with van der Waals surface area (Å²) in [4.78, 5) is 29.0. The number of aromatic nitrogens is 3. The highest BCUT2D eigenvalue weighted by Gasteiger charge is 2.24. The van der Waals surface area contributed by atoms with Gasteiger partial charge in [0.2, 0.25) is 0 Å². The van der Waals surface area contributed by atoms with Gasteiger partial charge in [-0.25, -0.2) is 14.2 Å². The van der Waals surface area contributed by atoms with Crippen LogP contribution >= 0.6 is 11.8 Å². The Morgan fingerprint density at radius 3 is 2.64 bits per heavy atom. The SMILES string of the molecule is CSc1ncc(C(=O)OC(C)C(=O)Nc2cc(C)on2)n1-c1ccc(F)cc1. The Morgan fingerprint density at radius 2 is 2.04 bits per heavy atom. The van der Waals surface area contributed by atoms with Gasteiger partial charge in [-0.15, -0.1) is 0 Å². The van der Waals surface area contributed by atoms with Crippen molar-refractivity contribution in [1.82, 2.24) is 14.7 Å². The Bertz CT molecular complexity index is 999. The third kappa shape index (κ3) is 4.22. The molecule has 1 atom stereocenters. The van der Waals surface area contributed by atoms with Crippen LogP contribution in [0.1, 0.15) is 23.2 Å². The number of esters is 1. The number of rotatable bonds is 6. The first kappa shape index (κ1) is 19.6. The first-order valence-corrected chi connectivity index (χ1v) is 9.44. The van der Waals surface area contributed by atoms with Gasteiger partial charge in [-0.05, 0) is 44.4 Å². The van der Waals surface area contributed by atoms with Crippen molar-refractivity contribution < 1.29 is 23.2 Å². The van der Waals surface area contributed by atoms with Gasteiger partial charge in [0.25, 0.3) is 5.91 Å². The van der Waals surface area contributed by atoms with Crippen molar-refractivity contribution >= 4 is 29.5 Å². The molecule has 10 heteroatoms. The number of carbonyl (C=O) groups excluding carboxylic acids is 2. The topological polar surface area (TPSA) is 99.2 Å². The Balaban J connectivity index is 1.77. The number of hydrogen-bond donors (Lipinski definition) is 1. The zero-order chi connectivity index (χ0) is 20.3. The molecule has 0 radical (unpaired) electrons. The lowest BCUT2D eigenvalue weighted by atomic mass is 10.3. The number of amides is 1. The molecule has 1 aromatic carbocycles. The summed E-state index contributed by atoms with van der Waals surface area (Å²) in [5.41, 5.74) is 0.665. The molecule has 0 bridgehead atoms. The van der Waals surface area contributed by atoms with Gasteiger partial charge in [-0.2, -0.15) is 0 Å². The molecule has 2 heterocycles. The minimum absolute atomic E-state index is 0.118. The zero-order valence-corrected chi connectivity index (χ0v) is 16.1. The molecule has 0 aliphatic rings. The number of anilines is 1. The lowest BCUT2D eigenvalue weighted by Gasteiger charge is -2.14. The maximum Gasteiger partial charge on any atom is 0.357 e. The minimum atomic E-state index is -1.08. The van der Waals surface area contributed by atoms with Crippen LogP contribution in [0.4, 0.5) is 10.2 Å². The van der Waals surface area contributed by atoms with E-state index in [0.717, 1.165) is 0 Å². The quantitative estimate of drug-likeness (QED) is 0.497. The van der Waals surface area contributed by atoms with Crippen molar-refractivity contribution in [3.63, 3.8) is 0 Å². The maximum atomic E-state index is 13.2. The van der Waals surface area contributed by atoms with E-state index >= 15 is 0 Å². The van der Waals surface area contributed by atoms with Gasteiger partial charge in [-0.3, -0.25) is 9.36 Å². The molecule has 1 N–H and O–H groups in total. The lowest BCUT2D eigenvalue weighted by molar-refractivity contribution is -0.123. The fourth-order valence-corrected chi connectivity index (χ4v) is 2.93. The lowest BCUT2D eigenvalue weighted by Crippen LogP contribution is -2.30. The predicted octanol–water partition coefficient (Wildman–Crippen LogP) is 3.21. The average molecular weight is 404 g/mol. The van der Waals surface area contributed by atoms with E-state index in [1.807, 2.05) is 0 Å². The second-order valence-corrected chi connectivity index (χ2v) is 6.57. The van der Waals surface area contributed by atoms with Crippen molar-refractivity contribution in [1.29, 1.82) is 0 Å². The third-order valence-corrected chi connectivity index (χ3v) is 4.39. The van der Waals surface area contributed by atoms with Gasteiger partial charge in [0, 0.05) is 11.8 Å². The molecule has 1 amide bonds. The van der Waals surface area contributed by atoms with E-state index in [-0.39, 0.29) is 11.5 Å². The molecule has 3 aromatic rings. The third-order valence-electron chi connectivity index (χ3n) is 3.74. The van der Waals surface area contributed by atoms with Crippen LogP contribution < -0.4 is 5.32 Å². The normalized spacial score (nSPS) is 11.9. The van der Waals surface area contributed by atoms with Crippen LogP contribution in [0.5, 0.6) is 0 Å². The highest BCUT2D eigenvalue weighted by atomic mass is 32.2. The van der Waals surface area contributed by atoms with Crippen molar-refractivity contribution in [3.8, 4) is 5.69 Å². The predicted molar refractivity (Wildman–Crippen MR) is 100 cm³/mol. The van der Waals surface area contributed by atoms with Gasteiger partial charge in [0.05, 0.1) is 6.20 Å². The summed E-state index contributed by atoms with van der Waals surface area (Å²) in [5.74, 6) is -0.929. The summed E-state index contributed by atoms with van der Waals surface area (Å²) in [6.45, 7) is 3.13. The second kappa shape index (κ2) is 8.26. The van der Waals surface area contributed by atoms with Crippen LogP contribution in [-0.4, -0.2) is 38.9 Å². The molecule has 0 fully saturated rings. The molecule has 0 spiro atoms. The summed E-state index contributed by atoms with van der Waals surface area (Å²) in [6.07, 6.45) is 2.06. The number of benzene rings is 1. The molecule has 8 nitrogen and oxygen atoms in total. The maximum absolute atomic E-state index is 13.2. The van der Waals surface area contributed by atoms with Gasteiger partial charge in [-0.1, -0.05) is 16.9 Å². The molecular weight excluding hydrogens is 387 g/mol. The van der Waals surface area contributed by atoms with E-state index < -0.39 is 23.8 Å². The number of imidazole rings is 1. The number of ether oxygens (including phenoxy) is 1. The molecular formula is C18H17FN4O4S. The van der Waals surface area contributed by atoms with Crippen molar-refractivity contribution in [2.24, 2.45) is 0 Å². The van der Waals surface area contributed by atoms with E-state index in [4.69, 9.17) is 9.26 Å². The Hall–Kier alpha value is -3.14. The number of aryl methyl sites for hydroxylation is 1. The smallest absolute Gasteiger partial charge is 0.357 e. The summed E-state index contributed by atoms with van der Waals surface area (Å²) >= 11 is 1.31. The fourth-order valence-electron chi connectivity index (χ4n) is 2.39. The number of hydrogen-bond acceptors (Lipinski definition) is 7. The number of nitrogens with zero attached hydrogens (tertiary/aromatic N) is 3. The molecule has 1 unspecified atom stereocenters. The van der Waals surface area contributed by atoms with E-state index in [9.17, 15) is 14.0 Å². The average Bonchev–Trinajstić information content (AvgIpc) is 3.28. The highest BCUT2D eigenvalue weighted by molar-refractivity contribution is 7.98. The van der Waals surface area contributed by atoms with Crippen molar-refractivity contribution in [2.45, 2.75) is 25.1 Å². The van der Waals surface area contributed by atoms with Crippen LogP contribution in [0.25, 0.3) is 5.69 Å². The Kier molecular flexibility index (Phi) is 5.78. The summed E-state index contributed by atoms with van der Waals surface area (Å²) in [7, 11) is 0. The number of thioether (sulfide) groups is 1. The minimum Gasteiger partial charge on any atom is -0.448 e. The van der Waals surface area contributed by atoms with Crippen LogP contribution in [0.2, 0.25) is 0 Å². The molecule has 0 aliphatic carbocycles. The Labute approximate surface area is 164 Å². The monoisotopic (exact) mass is 404 g/mol. The van der Waals surface area contributed by atoms with Crippen LogP contribution in [0, 0.1) is 12.7 Å². The molecule has 28 heavy (non-hydrogen) atoms. The molecule has 0 aliphatic heterocycles. The van der Waals surface area contributed by atoms with Crippen molar-refractivity contribution in [2.75, 3.05) is 11.6 Å². The molecule has 0 saturated carbocycles. The number of carbonyl (C=O) groups is 2. The largest absolute Gasteiger partial charge is 0.448 e. The van der Waals surface area contributed by atoms with Gasteiger partial charge < -0.3 is 14.6 Å². The number of nitrogens with one attached hydrogen (secondary N) is 1. The fraction of sp³-hybridized carbons (Fsp3) is 0.222. The molecule has 3 rings (SSSR count). The molecule has 0 saturated heterocycles. The van der Waals surface area contributed by atoms with Crippen LogP contribution in [0.3, 0.4) is 0 Å². The first-order chi connectivity index (χ1) is 13.4. The van der Waals surface area contributed by atoms with Gasteiger partial charge in [0.15, 0.2) is 22.8 Å². The zero-order valence-electron chi connectivity index (χ0n) is 15.3. The Morgan fingerprint density at radius 1 is 1.32 bits per heavy atom. The van der Waals surface area contributed by atoms with E-state index in [1.54, 1.807) is 19.2 Å². The highest BCUT2D eigenvalue weighted by Crippen LogP contribution is 2.23. The van der Waals surface area contributed by atoms with E-state index in [0.29, 0.717) is 16.6 Å².